The highest BCUT2D eigenvalue weighted by Gasteiger charge is 2.23. The summed E-state index contributed by atoms with van der Waals surface area (Å²) in [6.45, 7) is 6.58. The predicted molar refractivity (Wildman–Crippen MR) is 124 cm³/mol. The number of amides is 1. The van der Waals surface area contributed by atoms with Gasteiger partial charge in [-0.3, -0.25) is 4.79 Å². The molecule has 2 aromatic heterocycles. The minimum Gasteiger partial charge on any atom is -0.496 e. The number of nitrogens with zero attached hydrogens (tertiary/aromatic N) is 4. The van der Waals surface area contributed by atoms with Crippen LogP contribution in [0, 0.1) is 0 Å². The minimum absolute atomic E-state index is 0.189. The van der Waals surface area contributed by atoms with E-state index in [1.165, 1.54) is 6.33 Å². The van der Waals surface area contributed by atoms with Crippen molar-refractivity contribution in [1.82, 2.24) is 25.1 Å². The highest BCUT2D eigenvalue weighted by atomic mass is 16.5. The van der Waals surface area contributed by atoms with E-state index in [0.717, 1.165) is 22.2 Å². The van der Waals surface area contributed by atoms with Crippen LogP contribution in [0.1, 0.15) is 36.7 Å². The summed E-state index contributed by atoms with van der Waals surface area (Å²) in [6, 6.07) is 15.0. The van der Waals surface area contributed by atoms with Gasteiger partial charge in [0.1, 0.15) is 23.6 Å². The molecule has 8 heteroatoms. The van der Waals surface area contributed by atoms with E-state index in [-0.39, 0.29) is 11.4 Å². The molecular weight excluding hydrogens is 404 g/mol. The van der Waals surface area contributed by atoms with Gasteiger partial charge < -0.3 is 15.8 Å². The molecule has 0 saturated carbocycles. The third-order valence-electron chi connectivity index (χ3n) is 5.16. The monoisotopic (exact) mass is 430 g/mol. The SMILES string of the molecule is COc1ccccc1C(=O)NCc1ccc(-c2nn(C(C)(C)C)c3ncnc(N)c23)cc1. The molecule has 8 nitrogen and oxygen atoms in total. The number of aromatic nitrogens is 4. The van der Waals surface area contributed by atoms with Crippen molar-refractivity contribution in [2.24, 2.45) is 0 Å². The molecule has 3 N–H and O–H groups in total. The van der Waals surface area contributed by atoms with Crippen LogP contribution in [0.2, 0.25) is 0 Å². The van der Waals surface area contributed by atoms with Crippen molar-refractivity contribution in [3.8, 4) is 17.0 Å². The number of anilines is 1. The van der Waals surface area contributed by atoms with E-state index in [1.807, 2.05) is 41.1 Å². The number of hydrogen-bond acceptors (Lipinski definition) is 6. The second-order valence-electron chi connectivity index (χ2n) is 8.47. The fraction of sp³-hybridized carbons (Fsp3) is 0.250. The number of fused-ring (bicyclic) bond motifs is 1. The normalized spacial score (nSPS) is 11.5. The summed E-state index contributed by atoms with van der Waals surface area (Å²) in [5.74, 6) is 0.751. The Hall–Kier alpha value is -3.94. The summed E-state index contributed by atoms with van der Waals surface area (Å²) < 4.78 is 7.14. The zero-order chi connectivity index (χ0) is 22.9. The Balaban J connectivity index is 1.58. The van der Waals surface area contributed by atoms with Crippen molar-refractivity contribution >= 4 is 22.8 Å². The van der Waals surface area contributed by atoms with Gasteiger partial charge in [0, 0.05) is 12.1 Å². The number of para-hydroxylation sites is 1. The van der Waals surface area contributed by atoms with E-state index in [2.05, 4.69) is 36.1 Å². The summed E-state index contributed by atoms with van der Waals surface area (Å²) >= 11 is 0. The predicted octanol–water partition coefficient (Wildman–Crippen LogP) is 3.77. The number of ether oxygens (including phenoxy) is 1. The topological polar surface area (TPSA) is 108 Å². The van der Waals surface area contributed by atoms with Crippen molar-refractivity contribution in [3.05, 3.63) is 66.0 Å². The molecule has 2 aromatic carbocycles. The van der Waals surface area contributed by atoms with Crippen molar-refractivity contribution in [3.63, 3.8) is 0 Å². The summed E-state index contributed by atoms with van der Waals surface area (Å²) in [6.07, 6.45) is 1.46. The van der Waals surface area contributed by atoms with Crippen LogP contribution in [-0.2, 0) is 12.1 Å². The first-order valence-corrected chi connectivity index (χ1v) is 10.3. The number of nitrogens with one attached hydrogen (secondary N) is 1. The van der Waals surface area contributed by atoms with Crippen LogP contribution in [-0.4, -0.2) is 32.8 Å². The van der Waals surface area contributed by atoms with E-state index >= 15 is 0 Å². The molecule has 2 heterocycles. The molecule has 0 aliphatic heterocycles. The standard InChI is InChI=1S/C24H26N6O2/c1-24(2,3)30-22-19(21(25)27-14-28-22)20(29-30)16-11-9-15(10-12-16)13-26-23(31)17-7-5-6-8-18(17)32-4/h5-12,14H,13H2,1-4H3,(H,26,31)(H2,25,27,28). The molecule has 0 atom stereocenters. The van der Waals surface area contributed by atoms with Crippen LogP contribution >= 0.6 is 0 Å². The van der Waals surface area contributed by atoms with Gasteiger partial charge in [-0.05, 0) is 38.5 Å². The van der Waals surface area contributed by atoms with Crippen molar-refractivity contribution in [2.45, 2.75) is 32.9 Å². The van der Waals surface area contributed by atoms with Crippen LogP contribution in [0.25, 0.3) is 22.3 Å². The van der Waals surface area contributed by atoms with E-state index in [4.69, 9.17) is 15.6 Å². The molecule has 0 saturated heterocycles. The lowest BCUT2D eigenvalue weighted by Crippen LogP contribution is -2.23. The Labute approximate surface area is 186 Å². The number of hydrogen-bond donors (Lipinski definition) is 2. The Kier molecular flexibility index (Phi) is 5.52. The average Bonchev–Trinajstić information content (AvgIpc) is 3.19. The molecule has 1 amide bonds. The van der Waals surface area contributed by atoms with Gasteiger partial charge in [-0.1, -0.05) is 36.4 Å². The third-order valence-corrected chi connectivity index (χ3v) is 5.16. The average molecular weight is 431 g/mol. The van der Waals surface area contributed by atoms with E-state index in [1.54, 1.807) is 19.2 Å². The number of nitrogen functional groups attached to an aromatic ring is 1. The van der Waals surface area contributed by atoms with Gasteiger partial charge in [0.15, 0.2) is 5.65 Å². The third kappa shape index (κ3) is 3.99. The van der Waals surface area contributed by atoms with Gasteiger partial charge in [0.05, 0.1) is 23.6 Å². The van der Waals surface area contributed by atoms with Crippen LogP contribution < -0.4 is 15.8 Å². The highest BCUT2D eigenvalue weighted by molar-refractivity contribution is 5.98. The molecule has 4 rings (SSSR count). The molecule has 0 fully saturated rings. The maximum atomic E-state index is 12.5. The Morgan fingerprint density at radius 1 is 1.09 bits per heavy atom. The molecule has 164 valence electrons. The van der Waals surface area contributed by atoms with Crippen LogP contribution in [0.5, 0.6) is 5.75 Å². The summed E-state index contributed by atoms with van der Waals surface area (Å²) in [4.78, 5) is 21.1. The molecule has 4 aromatic rings. The quantitative estimate of drug-likeness (QED) is 0.499. The van der Waals surface area contributed by atoms with Crippen molar-refractivity contribution in [2.75, 3.05) is 12.8 Å². The second kappa shape index (κ2) is 8.30. The molecule has 0 aliphatic carbocycles. The summed E-state index contributed by atoms with van der Waals surface area (Å²) in [5, 5.41) is 8.47. The number of nitrogens with two attached hydrogens (primary N) is 1. The number of carbonyl (C=O) groups is 1. The van der Waals surface area contributed by atoms with E-state index in [9.17, 15) is 4.79 Å². The molecule has 0 spiro atoms. The van der Waals surface area contributed by atoms with E-state index in [0.29, 0.717) is 29.3 Å². The first-order chi connectivity index (χ1) is 15.3. The number of rotatable bonds is 5. The van der Waals surface area contributed by atoms with Gasteiger partial charge in [0.25, 0.3) is 5.91 Å². The van der Waals surface area contributed by atoms with Gasteiger partial charge in [-0.25, -0.2) is 14.6 Å². The Morgan fingerprint density at radius 2 is 1.81 bits per heavy atom. The summed E-state index contributed by atoms with van der Waals surface area (Å²) in [5.41, 5.74) is 9.71. The fourth-order valence-electron chi connectivity index (χ4n) is 3.53. The molecular formula is C24H26N6O2. The Morgan fingerprint density at radius 3 is 2.50 bits per heavy atom. The molecule has 0 unspecified atom stereocenters. The van der Waals surface area contributed by atoms with Crippen LogP contribution in [0.3, 0.4) is 0 Å². The zero-order valence-corrected chi connectivity index (χ0v) is 18.6. The zero-order valence-electron chi connectivity index (χ0n) is 18.6. The second-order valence-corrected chi connectivity index (χ2v) is 8.47. The first kappa shape index (κ1) is 21.3. The van der Waals surface area contributed by atoms with Crippen molar-refractivity contribution in [1.29, 1.82) is 0 Å². The lowest BCUT2D eigenvalue weighted by molar-refractivity contribution is 0.0948. The lowest BCUT2D eigenvalue weighted by Gasteiger charge is -2.19. The maximum absolute atomic E-state index is 12.5. The number of methoxy groups -OCH3 is 1. The van der Waals surface area contributed by atoms with Crippen molar-refractivity contribution < 1.29 is 9.53 Å². The first-order valence-electron chi connectivity index (χ1n) is 10.3. The van der Waals surface area contributed by atoms with Gasteiger partial charge in [0.2, 0.25) is 0 Å². The maximum Gasteiger partial charge on any atom is 0.255 e. The minimum atomic E-state index is -0.264. The Bertz CT molecular complexity index is 1270. The highest BCUT2D eigenvalue weighted by Crippen LogP contribution is 2.32. The van der Waals surface area contributed by atoms with Gasteiger partial charge in [-0.2, -0.15) is 5.10 Å². The number of benzene rings is 2. The fourth-order valence-corrected chi connectivity index (χ4v) is 3.53. The van der Waals surface area contributed by atoms with E-state index < -0.39 is 0 Å². The summed E-state index contributed by atoms with van der Waals surface area (Å²) in [7, 11) is 1.55. The molecule has 0 aliphatic rings. The van der Waals surface area contributed by atoms with Gasteiger partial charge >= 0.3 is 0 Å². The van der Waals surface area contributed by atoms with Crippen LogP contribution in [0.15, 0.2) is 54.9 Å². The smallest absolute Gasteiger partial charge is 0.255 e. The van der Waals surface area contributed by atoms with Crippen LogP contribution in [0.4, 0.5) is 5.82 Å². The lowest BCUT2D eigenvalue weighted by atomic mass is 10.1. The molecule has 32 heavy (non-hydrogen) atoms. The molecule has 0 radical (unpaired) electrons. The molecule has 0 bridgehead atoms. The van der Waals surface area contributed by atoms with Gasteiger partial charge in [-0.15, -0.1) is 0 Å². The largest absolute Gasteiger partial charge is 0.496 e. The number of carbonyl (C=O) groups excluding carboxylic acids is 1.